The van der Waals surface area contributed by atoms with E-state index in [0.29, 0.717) is 5.69 Å². The molecule has 1 aromatic rings. The number of hydrogen-bond acceptors (Lipinski definition) is 2. The first-order valence-electron chi connectivity index (χ1n) is 5.14. The third-order valence-corrected chi connectivity index (χ3v) is 2.74. The van der Waals surface area contributed by atoms with Crippen LogP contribution in [0.1, 0.15) is 18.4 Å². The number of halogens is 3. The van der Waals surface area contributed by atoms with Gasteiger partial charge in [-0.2, -0.15) is 13.2 Å². The molecule has 16 heavy (non-hydrogen) atoms. The summed E-state index contributed by atoms with van der Waals surface area (Å²) in [6.45, 7) is 0. The highest BCUT2D eigenvalue weighted by molar-refractivity contribution is 5.47. The molecule has 0 aliphatic heterocycles. The Bertz CT molecular complexity index is 370. The molecule has 0 amide bonds. The Balaban J connectivity index is 2.05. The van der Waals surface area contributed by atoms with Crippen LogP contribution in [0.15, 0.2) is 24.3 Å². The zero-order valence-corrected chi connectivity index (χ0v) is 8.59. The summed E-state index contributed by atoms with van der Waals surface area (Å²) in [5.41, 5.74) is 5.48. The second kappa shape index (κ2) is 3.97. The molecule has 0 atom stereocenters. The monoisotopic (exact) mass is 230 g/mol. The number of alkyl halides is 3. The van der Waals surface area contributed by atoms with E-state index in [0.717, 1.165) is 25.0 Å². The van der Waals surface area contributed by atoms with Crippen LogP contribution in [0.3, 0.4) is 0 Å². The topological polar surface area (TPSA) is 38.0 Å². The lowest BCUT2D eigenvalue weighted by Gasteiger charge is -2.33. The average Bonchev–Trinajstić information content (AvgIpc) is 2.14. The van der Waals surface area contributed by atoms with Gasteiger partial charge in [0.25, 0.3) is 0 Å². The van der Waals surface area contributed by atoms with Crippen molar-refractivity contribution in [3.8, 4) is 0 Å². The Morgan fingerprint density at radius 2 is 1.94 bits per heavy atom. The lowest BCUT2D eigenvalue weighted by atomic mass is 9.87. The average molecular weight is 230 g/mol. The fraction of sp³-hybridized carbons (Fsp3) is 0.455. The van der Waals surface area contributed by atoms with Crippen LogP contribution in [0.25, 0.3) is 0 Å². The second-order valence-corrected chi connectivity index (χ2v) is 4.15. The summed E-state index contributed by atoms with van der Waals surface area (Å²) in [4.78, 5) is 0. The highest BCUT2D eigenvalue weighted by atomic mass is 19.4. The van der Waals surface area contributed by atoms with Crippen molar-refractivity contribution in [2.45, 2.75) is 31.1 Å². The molecule has 1 fully saturated rings. The maximum Gasteiger partial charge on any atom is 0.416 e. The van der Waals surface area contributed by atoms with Gasteiger partial charge in [-0.05, 0) is 31.0 Å². The molecule has 0 radical (unpaired) electrons. The molecule has 1 aliphatic carbocycles. The quantitative estimate of drug-likeness (QED) is 0.819. The molecule has 88 valence electrons. The molecular formula is C11H13F3N2. The first-order valence-corrected chi connectivity index (χ1v) is 5.14. The molecule has 2 nitrogen and oxygen atoms in total. The van der Waals surface area contributed by atoms with E-state index in [4.69, 9.17) is 5.73 Å². The number of nitrogens with one attached hydrogen (secondary N) is 1. The minimum absolute atomic E-state index is 0.184. The van der Waals surface area contributed by atoms with E-state index in [1.165, 1.54) is 6.07 Å². The van der Waals surface area contributed by atoms with Gasteiger partial charge in [0.2, 0.25) is 0 Å². The molecule has 3 N–H and O–H groups in total. The SMILES string of the molecule is NC1CC(Nc2cccc(C(F)(F)F)c2)C1. The fourth-order valence-corrected chi connectivity index (χ4v) is 1.80. The van der Waals surface area contributed by atoms with Gasteiger partial charge >= 0.3 is 6.18 Å². The summed E-state index contributed by atoms with van der Waals surface area (Å²) >= 11 is 0. The van der Waals surface area contributed by atoms with Crippen molar-refractivity contribution in [3.05, 3.63) is 29.8 Å². The summed E-state index contributed by atoms with van der Waals surface area (Å²) in [5, 5.41) is 3.04. The van der Waals surface area contributed by atoms with Crippen molar-refractivity contribution in [2.24, 2.45) is 5.73 Å². The van der Waals surface area contributed by atoms with Crippen LogP contribution in [-0.2, 0) is 6.18 Å². The predicted molar refractivity (Wildman–Crippen MR) is 56.1 cm³/mol. The van der Waals surface area contributed by atoms with Gasteiger partial charge in [-0.25, -0.2) is 0 Å². The van der Waals surface area contributed by atoms with Crippen molar-refractivity contribution in [1.29, 1.82) is 0 Å². The zero-order valence-electron chi connectivity index (χ0n) is 8.59. The van der Waals surface area contributed by atoms with E-state index in [9.17, 15) is 13.2 Å². The summed E-state index contributed by atoms with van der Waals surface area (Å²) < 4.78 is 37.2. The van der Waals surface area contributed by atoms with Crippen molar-refractivity contribution in [1.82, 2.24) is 0 Å². The lowest BCUT2D eigenvalue weighted by molar-refractivity contribution is -0.137. The van der Waals surface area contributed by atoms with Gasteiger partial charge in [-0.1, -0.05) is 6.07 Å². The van der Waals surface area contributed by atoms with Crippen LogP contribution in [0.5, 0.6) is 0 Å². The predicted octanol–water partition coefficient (Wildman–Crippen LogP) is 2.61. The van der Waals surface area contributed by atoms with Crippen LogP contribution >= 0.6 is 0 Å². The molecular weight excluding hydrogens is 217 g/mol. The maximum absolute atomic E-state index is 12.4. The van der Waals surface area contributed by atoms with Gasteiger partial charge in [-0.3, -0.25) is 0 Å². The summed E-state index contributed by atoms with van der Waals surface area (Å²) in [6.07, 6.45) is -2.65. The minimum Gasteiger partial charge on any atom is -0.382 e. The highest BCUT2D eigenvalue weighted by Gasteiger charge is 2.31. The molecule has 0 heterocycles. The van der Waals surface area contributed by atoms with Gasteiger partial charge in [0, 0.05) is 17.8 Å². The zero-order chi connectivity index (χ0) is 11.8. The minimum atomic E-state index is -4.28. The second-order valence-electron chi connectivity index (χ2n) is 4.15. The lowest BCUT2D eigenvalue weighted by Crippen LogP contribution is -2.44. The first kappa shape index (κ1) is 11.3. The van der Waals surface area contributed by atoms with Crippen molar-refractivity contribution < 1.29 is 13.2 Å². The first-order chi connectivity index (χ1) is 7.45. The Kier molecular flexibility index (Phi) is 2.80. The molecule has 0 unspecified atom stereocenters. The number of hydrogen-bond donors (Lipinski definition) is 2. The molecule has 0 aromatic heterocycles. The summed E-state index contributed by atoms with van der Waals surface area (Å²) in [7, 11) is 0. The van der Waals surface area contributed by atoms with E-state index in [2.05, 4.69) is 5.32 Å². The molecule has 5 heteroatoms. The smallest absolute Gasteiger partial charge is 0.382 e. The van der Waals surface area contributed by atoms with E-state index < -0.39 is 11.7 Å². The van der Waals surface area contributed by atoms with Gasteiger partial charge in [0.05, 0.1) is 5.56 Å². The van der Waals surface area contributed by atoms with Gasteiger partial charge in [0.1, 0.15) is 0 Å². The van der Waals surface area contributed by atoms with E-state index in [1.807, 2.05) is 0 Å². The summed E-state index contributed by atoms with van der Waals surface area (Å²) in [6, 6.07) is 5.63. The molecule has 2 rings (SSSR count). The Morgan fingerprint density at radius 1 is 1.25 bits per heavy atom. The number of nitrogens with two attached hydrogens (primary N) is 1. The third-order valence-electron chi connectivity index (χ3n) is 2.74. The number of benzene rings is 1. The highest BCUT2D eigenvalue weighted by Crippen LogP contribution is 2.31. The maximum atomic E-state index is 12.4. The summed E-state index contributed by atoms with van der Waals surface area (Å²) in [5.74, 6) is 0. The molecule has 1 aromatic carbocycles. The normalized spacial score (nSPS) is 25.0. The van der Waals surface area contributed by atoms with E-state index >= 15 is 0 Å². The van der Waals surface area contributed by atoms with E-state index in [1.54, 1.807) is 6.07 Å². The van der Waals surface area contributed by atoms with Crippen LogP contribution in [0.2, 0.25) is 0 Å². The Morgan fingerprint density at radius 3 is 2.50 bits per heavy atom. The molecule has 0 saturated heterocycles. The van der Waals surface area contributed by atoms with Crippen LogP contribution in [0.4, 0.5) is 18.9 Å². The molecule has 1 saturated carbocycles. The fourth-order valence-electron chi connectivity index (χ4n) is 1.80. The molecule has 1 aliphatic rings. The molecule has 0 bridgehead atoms. The van der Waals surface area contributed by atoms with Gasteiger partial charge in [0.15, 0.2) is 0 Å². The van der Waals surface area contributed by atoms with Crippen molar-refractivity contribution >= 4 is 5.69 Å². The van der Waals surface area contributed by atoms with Crippen molar-refractivity contribution in [2.75, 3.05) is 5.32 Å². The number of anilines is 1. The van der Waals surface area contributed by atoms with Gasteiger partial charge < -0.3 is 11.1 Å². The number of rotatable bonds is 2. The van der Waals surface area contributed by atoms with Crippen LogP contribution < -0.4 is 11.1 Å². The van der Waals surface area contributed by atoms with E-state index in [-0.39, 0.29) is 12.1 Å². The largest absolute Gasteiger partial charge is 0.416 e. The van der Waals surface area contributed by atoms with Crippen LogP contribution in [0, 0.1) is 0 Å². The molecule has 0 spiro atoms. The van der Waals surface area contributed by atoms with Crippen molar-refractivity contribution in [3.63, 3.8) is 0 Å². The van der Waals surface area contributed by atoms with Crippen LogP contribution in [-0.4, -0.2) is 12.1 Å². The third kappa shape index (κ3) is 2.47. The Labute approximate surface area is 91.6 Å². The van der Waals surface area contributed by atoms with Gasteiger partial charge in [-0.15, -0.1) is 0 Å². The Hall–Kier alpha value is -1.23. The standard InChI is InChI=1S/C11H13F3N2/c12-11(13,14)7-2-1-3-9(4-7)16-10-5-8(15)6-10/h1-4,8,10,16H,5-6,15H2.